The minimum Gasteiger partial charge on any atom is -0.481 e. The van der Waals surface area contributed by atoms with Crippen molar-refractivity contribution in [3.63, 3.8) is 0 Å². The highest BCUT2D eigenvalue weighted by molar-refractivity contribution is 6.33. The van der Waals surface area contributed by atoms with Gasteiger partial charge in [0.2, 0.25) is 11.7 Å². The normalized spacial score (nSPS) is 11.8. The number of hydrogen-bond donors (Lipinski definition) is 1. The number of ether oxygens (including phenoxy) is 1. The van der Waals surface area contributed by atoms with E-state index in [9.17, 15) is 4.79 Å². The molecular weight excluding hydrogens is 342 g/mol. The van der Waals surface area contributed by atoms with Crippen LogP contribution >= 0.6 is 11.6 Å². The molecule has 1 heterocycles. The average molecular weight is 358 g/mol. The summed E-state index contributed by atoms with van der Waals surface area (Å²) in [6.45, 7) is 1.78. The van der Waals surface area contributed by atoms with E-state index in [-0.39, 0.29) is 18.3 Å². The van der Waals surface area contributed by atoms with Crippen molar-refractivity contribution < 1.29 is 14.1 Å². The van der Waals surface area contributed by atoms with E-state index in [0.717, 1.165) is 0 Å². The maximum Gasteiger partial charge on any atom is 0.261 e. The van der Waals surface area contributed by atoms with Crippen molar-refractivity contribution in [1.29, 1.82) is 0 Å². The third kappa shape index (κ3) is 4.36. The van der Waals surface area contributed by atoms with Crippen molar-refractivity contribution in [2.24, 2.45) is 0 Å². The predicted molar refractivity (Wildman–Crippen MR) is 93.1 cm³/mol. The fourth-order valence-corrected chi connectivity index (χ4v) is 2.36. The number of nitrogens with one attached hydrogen (secondary N) is 1. The van der Waals surface area contributed by atoms with Gasteiger partial charge in [0.1, 0.15) is 5.75 Å². The molecule has 0 radical (unpaired) electrons. The van der Waals surface area contributed by atoms with Gasteiger partial charge in [-0.1, -0.05) is 47.1 Å². The molecule has 0 aliphatic carbocycles. The van der Waals surface area contributed by atoms with Crippen LogP contribution in [0.15, 0.2) is 59.1 Å². The molecule has 0 saturated carbocycles. The molecule has 1 aromatic heterocycles. The zero-order valence-electron chi connectivity index (χ0n) is 13.5. The smallest absolute Gasteiger partial charge is 0.261 e. The van der Waals surface area contributed by atoms with E-state index < -0.39 is 6.10 Å². The first-order valence-electron chi connectivity index (χ1n) is 7.70. The number of rotatable bonds is 6. The van der Waals surface area contributed by atoms with Gasteiger partial charge in [0, 0.05) is 5.56 Å². The van der Waals surface area contributed by atoms with Crippen LogP contribution in [-0.4, -0.2) is 22.2 Å². The number of carbonyl (C=O) groups excluding carboxylic acids is 1. The third-order valence-corrected chi connectivity index (χ3v) is 3.75. The van der Waals surface area contributed by atoms with Crippen molar-refractivity contribution >= 4 is 17.5 Å². The fraction of sp³-hybridized carbons (Fsp3) is 0.167. The molecule has 25 heavy (non-hydrogen) atoms. The van der Waals surface area contributed by atoms with Gasteiger partial charge in [-0.25, -0.2) is 0 Å². The summed E-state index contributed by atoms with van der Waals surface area (Å²) in [7, 11) is 0. The molecule has 0 fully saturated rings. The van der Waals surface area contributed by atoms with E-state index in [4.69, 9.17) is 20.9 Å². The van der Waals surface area contributed by atoms with Gasteiger partial charge in [-0.15, -0.1) is 0 Å². The van der Waals surface area contributed by atoms with Crippen LogP contribution in [0, 0.1) is 0 Å². The molecular formula is C18H16ClN3O3. The molecule has 0 spiro atoms. The van der Waals surface area contributed by atoms with Crippen LogP contribution in [0.5, 0.6) is 5.75 Å². The van der Waals surface area contributed by atoms with E-state index in [1.54, 1.807) is 31.2 Å². The Hall–Kier alpha value is -2.86. The van der Waals surface area contributed by atoms with Crippen molar-refractivity contribution in [3.8, 4) is 17.1 Å². The quantitative estimate of drug-likeness (QED) is 0.730. The summed E-state index contributed by atoms with van der Waals surface area (Å²) in [5, 5.41) is 7.12. The number of hydrogen-bond acceptors (Lipinski definition) is 5. The molecule has 1 unspecified atom stereocenters. The van der Waals surface area contributed by atoms with E-state index in [1.165, 1.54) is 0 Å². The molecule has 0 saturated heterocycles. The summed E-state index contributed by atoms with van der Waals surface area (Å²) >= 11 is 6.11. The zero-order chi connectivity index (χ0) is 17.6. The van der Waals surface area contributed by atoms with Gasteiger partial charge in [0.15, 0.2) is 6.10 Å². The molecule has 1 atom stereocenters. The van der Waals surface area contributed by atoms with E-state index in [0.29, 0.717) is 22.2 Å². The number of nitrogens with zero attached hydrogens (tertiary/aromatic N) is 2. The van der Waals surface area contributed by atoms with E-state index in [2.05, 4.69) is 15.5 Å². The first kappa shape index (κ1) is 17.0. The molecule has 2 aromatic carbocycles. The summed E-state index contributed by atoms with van der Waals surface area (Å²) in [5.74, 6) is 1.02. The van der Waals surface area contributed by atoms with Gasteiger partial charge in [0.25, 0.3) is 5.91 Å². The highest BCUT2D eigenvalue weighted by atomic mass is 35.5. The van der Waals surface area contributed by atoms with Crippen molar-refractivity contribution in [2.75, 3.05) is 0 Å². The van der Waals surface area contributed by atoms with Crippen molar-refractivity contribution in [2.45, 2.75) is 19.6 Å². The van der Waals surface area contributed by atoms with Crippen LogP contribution in [0.25, 0.3) is 11.4 Å². The summed E-state index contributed by atoms with van der Waals surface area (Å²) in [4.78, 5) is 16.3. The van der Waals surface area contributed by atoms with Crippen LogP contribution in [0.3, 0.4) is 0 Å². The summed E-state index contributed by atoms with van der Waals surface area (Å²) < 4.78 is 10.7. The molecule has 128 valence electrons. The minimum absolute atomic E-state index is 0.110. The topological polar surface area (TPSA) is 77.2 Å². The second-order valence-corrected chi connectivity index (χ2v) is 5.69. The highest BCUT2D eigenvalue weighted by Crippen LogP contribution is 2.24. The summed E-state index contributed by atoms with van der Waals surface area (Å²) in [6, 6.07) is 16.3. The molecule has 3 aromatic rings. The molecule has 0 bridgehead atoms. The molecule has 1 amide bonds. The van der Waals surface area contributed by atoms with Gasteiger partial charge >= 0.3 is 0 Å². The van der Waals surface area contributed by atoms with Crippen LogP contribution < -0.4 is 10.1 Å². The monoisotopic (exact) mass is 357 g/mol. The van der Waals surface area contributed by atoms with Crippen molar-refractivity contribution in [1.82, 2.24) is 15.5 Å². The number of benzene rings is 2. The van der Waals surface area contributed by atoms with Crippen LogP contribution in [0.4, 0.5) is 0 Å². The predicted octanol–water partition coefficient (Wildman–Crippen LogP) is 3.47. The van der Waals surface area contributed by atoms with Crippen molar-refractivity contribution in [3.05, 3.63) is 65.5 Å². The molecule has 1 N–H and O–H groups in total. The summed E-state index contributed by atoms with van der Waals surface area (Å²) in [5.41, 5.74) is 0.672. The lowest BCUT2D eigenvalue weighted by molar-refractivity contribution is -0.127. The van der Waals surface area contributed by atoms with Crippen LogP contribution in [-0.2, 0) is 11.3 Å². The lowest BCUT2D eigenvalue weighted by Gasteiger charge is -2.13. The largest absolute Gasteiger partial charge is 0.481 e. The maximum absolute atomic E-state index is 12.1. The number of amides is 1. The molecule has 7 heteroatoms. The Bertz CT molecular complexity index is 852. The van der Waals surface area contributed by atoms with Gasteiger partial charge < -0.3 is 14.6 Å². The second kappa shape index (κ2) is 7.81. The van der Waals surface area contributed by atoms with Gasteiger partial charge in [0.05, 0.1) is 11.6 Å². The highest BCUT2D eigenvalue weighted by Gasteiger charge is 2.16. The minimum atomic E-state index is -0.645. The number of aromatic nitrogens is 2. The fourth-order valence-electron chi connectivity index (χ4n) is 2.14. The van der Waals surface area contributed by atoms with Crippen LogP contribution in [0.1, 0.15) is 12.8 Å². The van der Waals surface area contributed by atoms with Gasteiger partial charge in [-0.3, -0.25) is 4.79 Å². The van der Waals surface area contributed by atoms with E-state index in [1.807, 2.05) is 30.3 Å². The average Bonchev–Trinajstić information content (AvgIpc) is 3.09. The first-order valence-corrected chi connectivity index (χ1v) is 8.08. The Labute approximate surface area is 149 Å². The Balaban J connectivity index is 1.57. The Kier molecular flexibility index (Phi) is 5.30. The Morgan fingerprint density at radius 1 is 1.20 bits per heavy atom. The Morgan fingerprint density at radius 2 is 1.92 bits per heavy atom. The molecule has 3 rings (SSSR count). The molecule has 0 aliphatic rings. The molecule has 6 nitrogen and oxygen atoms in total. The van der Waals surface area contributed by atoms with E-state index >= 15 is 0 Å². The SMILES string of the molecule is CC(Oc1ccccc1)C(=O)NCc1nc(-c2ccccc2Cl)no1. The lowest BCUT2D eigenvalue weighted by Crippen LogP contribution is -2.35. The summed E-state index contributed by atoms with van der Waals surface area (Å²) in [6.07, 6.45) is -0.645. The number of carbonyl (C=O) groups is 1. The van der Waals surface area contributed by atoms with Crippen LogP contribution in [0.2, 0.25) is 5.02 Å². The standard InChI is InChI=1S/C18H16ClN3O3/c1-12(24-13-7-3-2-4-8-13)18(23)20-11-16-21-17(22-25-16)14-9-5-6-10-15(14)19/h2-10,12H,11H2,1H3,(H,20,23). The lowest BCUT2D eigenvalue weighted by atomic mass is 10.2. The third-order valence-electron chi connectivity index (χ3n) is 3.42. The Morgan fingerprint density at radius 3 is 2.68 bits per heavy atom. The second-order valence-electron chi connectivity index (χ2n) is 5.28. The van der Waals surface area contributed by atoms with Gasteiger partial charge in [-0.05, 0) is 31.2 Å². The zero-order valence-corrected chi connectivity index (χ0v) is 14.2. The van der Waals surface area contributed by atoms with Gasteiger partial charge in [-0.2, -0.15) is 4.98 Å². The number of halogens is 1. The molecule has 0 aliphatic heterocycles. The number of para-hydroxylation sites is 1. The maximum atomic E-state index is 12.1. The first-order chi connectivity index (χ1) is 12.1.